The van der Waals surface area contributed by atoms with E-state index in [-0.39, 0.29) is 9.29 Å². The molecular formula is C9H10INOS. The summed E-state index contributed by atoms with van der Waals surface area (Å²) in [6.07, 6.45) is 0. The van der Waals surface area contributed by atoms with Crippen LogP contribution in [0.5, 0.6) is 0 Å². The Bertz CT molecular complexity index is 276. The molecule has 0 saturated heterocycles. The molecule has 1 atom stereocenters. The second-order valence-corrected chi connectivity index (χ2v) is 5.38. The summed E-state index contributed by atoms with van der Waals surface area (Å²) in [6.45, 7) is 1.93. The molecule has 1 amide bonds. The minimum atomic E-state index is -0.00639. The average Bonchev–Trinajstić information content (AvgIpc) is 2.04. The summed E-state index contributed by atoms with van der Waals surface area (Å²) < 4.78 is 0.168. The van der Waals surface area contributed by atoms with Crippen LogP contribution in [-0.2, 0) is 0 Å². The molecular weight excluding hydrogens is 297 g/mol. The first-order valence-corrected chi connectivity index (χ1v) is 5.92. The highest BCUT2D eigenvalue weighted by Crippen LogP contribution is 2.17. The Balaban J connectivity index is 2.46. The molecule has 1 rings (SSSR count). The third kappa shape index (κ3) is 4.52. The van der Waals surface area contributed by atoms with E-state index in [1.165, 1.54) is 11.8 Å². The van der Waals surface area contributed by atoms with Gasteiger partial charge in [0.25, 0.3) is 5.24 Å². The molecule has 0 saturated carbocycles. The highest BCUT2D eigenvalue weighted by Gasteiger charge is 2.05. The summed E-state index contributed by atoms with van der Waals surface area (Å²) in [5.74, 6) is 0. The number of hydrogen-bond acceptors (Lipinski definition) is 2. The molecule has 1 aromatic rings. The number of halogens is 1. The zero-order valence-corrected chi connectivity index (χ0v) is 10.1. The summed E-state index contributed by atoms with van der Waals surface area (Å²) in [6, 6.07) is 9.61. The lowest BCUT2D eigenvalue weighted by atomic mass is 10.4. The lowest BCUT2D eigenvalue weighted by Gasteiger charge is -2.05. The number of rotatable bonds is 2. The van der Waals surface area contributed by atoms with Crippen molar-refractivity contribution in [3.8, 4) is 0 Å². The highest BCUT2D eigenvalue weighted by molar-refractivity contribution is 14.1. The molecule has 1 N–H and O–H groups in total. The van der Waals surface area contributed by atoms with Crippen molar-refractivity contribution in [3.63, 3.8) is 0 Å². The molecule has 13 heavy (non-hydrogen) atoms. The number of carbonyl (C=O) groups is 1. The van der Waals surface area contributed by atoms with Gasteiger partial charge in [-0.25, -0.2) is 0 Å². The highest BCUT2D eigenvalue weighted by atomic mass is 127. The molecule has 0 bridgehead atoms. The van der Waals surface area contributed by atoms with E-state index in [9.17, 15) is 4.79 Å². The Kier molecular flexibility index (Phi) is 4.58. The summed E-state index contributed by atoms with van der Waals surface area (Å²) in [7, 11) is 0. The van der Waals surface area contributed by atoms with Gasteiger partial charge in [-0.3, -0.25) is 4.79 Å². The van der Waals surface area contributed by atoms with Gasteiger partial charge in [0.05, 0.1) is 4.05 Å². The average molecular weight is 307 g/mol. The van der Waals surface area contributed by atoms with Crippen LogP contribution >= 0.6 is 34.4 Å². The SMILES string of the molecule is CC(I)NC(=O)Sc1ccccc1. The van der Waals surface area contributed by atoms with E-state index in [1.807, 2.05) is 37.3 Å². The summed E-state index contributed by atoms with van der Waals surface area (Å²) in [5, 5.41) is 2.80. The summed E-state index contributed by atoms with van der Waals surface area (Å²) in [5.41, 5.74) is 0. The van der Waals surface area contributed by atoms with E-state index in [1.54, 1.807) is 0 Å². The van der Waals surface area contributed by atoms with Crippen molar-refractivity contribution in [2.75, 3.05) is 0 Å². The van der Waals surface area contributed by atoms with Gasteiger partial charge in [-0.05, 0) is 30.8 Å². The van der Waals surface area contributed by atoms with Crippen molar-refractivity contribution in [2.24, 2.45) is 0 Å². The molecule has 0 heterocycles. The van der Waals surface area contributed by atoms with Crippen molar-refractivity contribution in [3.05, 3.63) is 30.3 Å². The van der Waals surface area contributed by atoms with Crippen molar-refractivity contribution in [1.29, 1.82) is 0 Å². The molecule has 0 radical (unpaired) electrons. The minimum absolute atomic E-state index is 0.00639. The Morgan fingerprint density at radius 3 is 2.62 bits per heavy atom. The number of carbonyl (C=O) groups excluding carboxylic acids is 1. The van der Waals surface area contributed by atoms with Crippen LogP contribution in [0.3, 0.4) is 0 Å². The quantitative estimate of drug-likeness (QED) is 0.393. The first-order chi connectivity index (χ1) is 6.18. The van der Waals surface area contributed by atoms with Gasteiger partial charge < -0.3 is 5.32 Å². The largest absolute Gasteiger partial charge is 0.335 e. The first-order valence-electron chi connectivity index (χ1n) is 3.86. The van der Waals surface area contributed by atoms with Crippen LogP contribution in [0.25, 0.3) is 0 Å². The fourth-order valence-corrected chi connectivity index (χ4v) is 2.02. The van der Waals surface area contributed by atoms with Gasteiger partial charge in [0.15, 0.2) is 0 Å². The van der Waals surface area contributed by atoms with Gasteiger partial charge in [0, 0.05) is 4.90 Å². The molecule has 1 aromatic carbocycles. The summed E-state index contributed by atoms with van der Waals surface area (Å²) in [4.78, 5) is 12.2. The molecule has 0 aliphatic heterocycles. The Labute approximate surface area is 95.6 Å². The van der Waals surface area contributed by atoms with E-state index in [2.05, 4.69) is 27.9 Å². The smallest absolute Gasteiger partial charge is 0.284 e. The zero-order chi connectivity index (χ0) is 9.68. The van der Waals surface area contributed by atoms with Gasteiger partial charge in [0.2, 0.25) is 0 Å². The van der Waals surface area contributed by atoms with Crippen molar-refractivity contribution in [1.82, 2.24) is 5.32 Å². The monoisotopic (exact) mass is 307 g/mol. The maximum Gasteiger partial charge on any atom is 0.284 e. The van der Waals surface area contributed by atoms with E-state index in [4.69, 9.17) is 0 Å². The van der Waals surface area contributed by atoms with E-state index >= 15 is 0 Å². The van der Waals surface area contributed by atoms with Crippen LogP contribution in [0.1, 0.15) is 6.92 Å². The normalized spacial score (nSPS) is 12.2. The van der Waals surface area contributed by atoms with Gasteiger partial charge in [-0.15, -0.1) is 0 Å². The molecule has 70 valence electrons. The Hall–Kier alpha value is -0.230. The van der Waals surface area contributed by atoms with Gasteiger partial charge in [0.1, 0.15) is 0 Å². The fraction of sp³-hybridized carbons (Fsp3) is 0.222. The van der Waals surface area contributed by atoms with Gasteiger partial charge >= 0.3 is 0 Å². The predicted octanol–water partition coefficient (Wildman–Crippen LogP) is 3.27. The molecule has 0 aliphatic carbocycles. The number of thioether (sulfide) groups is 1. The minimum Gasteiger partial charge on any atom is -0.335 e. The number of benzene rings is 1. The van der Waals surface area contributed by atoms with Gasteiger partial charge in [-0.1, -0.05) is 40.8 Å². The molecule has 0 spiro atoms. The standard InChI is InChI=1S/C9H10INOS/c1-7(10)11-9(12)13-8-5-3-2-4-6-8/h2-7H,1H3,(H,11,12). The molecule has 2 nitrogen and oxygen atoms in total. The molecule has 0 fully saturated rings. The zero-order valence-electron chi connectivity index (χ0n) is 7.16. The Morgan fingerprint density at radius 1 is 1.46 bits per heavy atom. The summed E-state index contributed by atoms with van der Waals surface area (Å²) >= 11 is 3.37. The van der Waals surface area contributed by atoms with Crippen LogP contribution < -0.4 is 5.32 Å². The first kappa shape index (κ1) is 10.8. The number of amides is 1. The predicted molar refractivity (Wildman–Crippen MR) is 64.3 cm³/mol. The second-order valence-electron chi connectivity index (χ2n) is 2.46. The third-order valence-corrected chi connectivity index (χ3v) is 2.39. The van der Waals surface area contributed by atoms with Crippen LogP contribution in [0.4, 0.5) is 4.79 Å². The van der Waals surface area contributed by atoms with Crippen LogP contribution in [0.2, 0.25) is 0 Å². The van der Waals surface area contributed by atoms with Crippen LogP contribution in [0.15, 0.2) is 35.2 Å². The van der Waals surface area contributed by atoms with Gasteiger partial charge in [-0.2, -0.15) is 0 Å². The van der Waals surface area contributed by atoms with E-state index in [0.717, 1.165) is 4.90 Å². The number of hydrogen-bond donors (Lipinski definition) is 1. The van der Waals surface area contributed by atoms with E-state index < -0.39 is 0 Å². The topological polar surface area (TPSA) is 29.1 Å². The van der Waals surface area contributed by atoms with Crippen LogP contribution in [0, 0.1) is 0 Å². The molecule has 0 aromatic heterocycles. The number of nitrogens with one attached hydrogen (secondary N) is 1. The molecule has 1 unspecified atom stereocenters. The Morgan fingerprint density at radius 2 is 2.08 bits per heavy atom. The van der Waals surface area contributed by atoms with Crippen LogP contribution in [-0.4, -0.2) is 9.29 Å². The number of alkyl halides is 1. The third-order valence-electron chi connectivity index (χ3n) is 1.27. The van der Waals surface area contributed by atoms with Crippen molar-refractivity contribution in [2.45, 2.75) is 15.9 Å². The molecule has 0 aliphatic rings. The van der Waals surface area contributed by atoms with Crippen molar-refractivity contribution >= 4 is 39.6 Å². The molecule has 4 heteroatoms. The lowest BCUT2D eigenvalue weighted by molar-refractivity contribution is 0.261. The maximum absolute atomic E-state index is 11.3. The maximum atomic E-state index is 11.3. The van der Waals surface area contributed by atoms with Crippen molar-refractivity contribution < 1.29 is 4.79 Å². The lowest BCUT2D eigenvalue weighted by Crippen LogP contribution is -2.23. The fourth-order valence-electron chi connectivity index (χ4n) is 0.787. The second kappa shape index (κ2) is 5.49. The van der Waals surface area contributed by atoms with E-state index in [0.29, 0.717) is 0 Å².